The third-order valence-electron chi connectivity index (χ3n) is 3.29. The van der Waals surface area contributed by atoms with Gasteiger partial charge in [-0.25, -0.2) is 4.39 Å². The average molecular weight is 249 g/mol. The molecule has 1 saturated heterocycles. The zero-order chi connectivity index (χ0) is 13.3. The Labute approximate surface area is 106 Å². The first-order chi connectivity index (χ1) is 8.44. The molecule has 1 atom stereocenters. The Morgan fingerprint density at radius 1 is 1.56 bits per heavy atom. The van der Waals surface area contributed by atoms with E-state index in [1.807, 2.05) is 6.07 Å². The molecule has 5 heteroatoms. The average Bonchev–Trinajstić information content (AvgIpc) is 2.64. The van der Waals surface area contributed by atoms with Gasteiger partial charge in [-0.2, -0.15) is 5.26 Å². The van der Waals surface area contributed by atoms with Gasteiger partial charge in [0, 0.05) is 5.41 Å². The number of nitrogens with one attached hydrogen (secondary N) is 1. The van der Waals surface area contributed by atoms with E-state index in [4.69, 9.17) is 15.7 Å². The maximum absolute atomic E-state index is 13.5. The number of nitrogen functional groups attached to an aromatic ring is 1. The normalized spacial score (nSPS) is 21.6. The summed E-state index contributed by atoms with van der Waals surface area (Å²) in [5, 5.41) is 12.0. The van der Waals surface area contributed by atoms with Crippen LogP contribution in [0.2, 0.25) is 0 Å². The lowest BCUT2D eigenvalue weighted by molar-refractivity contribution is 0.167. The van der Waals surface area contributed by atoms with E-state index in [0.29, 0.717) is 18.9 Å². The Kier molecular flexibility index (Phi) is 3.14. The SMILES string of the molecule is CC1(C)COC[C@H]1Nc1cc(C#N)cc(F)c1N. The quantitative estimate of drug-likeness (QED) is 0.787. The Hall–Kier alpha value is -1.80. The fourth-order valence-corrected chi connectivity index (χ4v) is 1.99. The molecule has 0 saturated carbocycles. The van der Waals surface area contributed by atoms with E-state index in [-0.39, 0.29) is 22.7 Å². The third kappa shape index (κ3) is 2.24. The smallest absolute Gasteiger partial charge is 0.149 e. The number of hydrogen-bond acceptors (Lipinski definition) is 4. The molecule has 0 aromatic heterocycles. The van der Waals surface area contributed by atoms with Gasteiger partial charge in [0.1, 0.15) is 5.82 Å². The van der Waals surface area contributed by atoms with Crippen LogP contribution in [-0.2, 0) is 4.74 Å². The van der Waals surface area contributed by atoms with Crippen molar-refractivity contribution in [2.24, 2.45) is 5.41 Å². The third-order valence-corrected chi connectivity index (χ3v) is 3.29. The second kappa shape index (κ2) is 4.46. The van der Waals surface area contributed by atoms with Crippen LogP contribution in [-0.4, -0.2) is 19.3 Å². The van der Waals surface area contributed by atoms with Crippen LogP contribution in [0.1, 0.15) is 19.4 Å². The lowest BCUT2D eigenvalue weighted by Gasteiger charge is -2.27. The highest BCUT2D eigenvalue weighted by Crippen LogP contribution is 2.32. The maximum atomic E-state index is 13.5. The largest absolute Gasteiger partial charge is 0.395 e. The second-order valence-corrected chi connectivity index (χ2v) is 5.23. The number of nitrogens with zero attached hydrogens (tertiary/aromatic N) is 1. The molecule has 96 valence electrons. The van der Waals surface area contributed by atoms with Gasteiger partial charge in [0.2, 0.25) is 0 Å². The lowest BCUT2D eigenvalue weighted by atomic mass is 9.87. The molecule has 0 amide bonds. The highest BCUT2D eigenvalue weighted by Gasteiger charge is 2.36. The van der Waals surface area contributed by atoms with Gasteiger partial charge in [-0.3, -0.25) is 0 Å². The van der Waals surface area contributed by atoms with E-state index in [9.17, 15) is 4.39 Å². The Bertz CT molecular complexity index is 508. The standard InChI is InChI=1S/C13H16FN3O/c1-13(2)7-18-6-11(13)17-10-4-8(5-15)3-9(14)12(10)16/h3-4,11,17H,6-7,16H2,1-2H3/t11-/m1/s1. The van der Waals surface area contributed by atoms with Crippen molar-refractivity contribution in [3.8, 4) is 6.07 Å². The number of ether oxygens (including phenoxy) is 1. The summed E-state index contributed by atoms with van der Waals surface area (Å²) in [6, 6.07) is 4.66. The van der Waals surface area contributed by atoms with Crippen molar-refractivity contribution < 1.29 is 9.13 Å². The highest BCUT2D eigenvalue weighted by atomic mass is 19.1. The molecule has 0 aliphatic carbocycles. The molecule has 0 radical (unpaired) electrons. The van der Waals surface area contributed by atoms with Crippen molar-refractivity contribution >= 4 is 11.4 Å². The van der Waals surface area contributed by atoms with Gasteiger partial charge in [0.05, 0.1) is 42.3 Å². The van der Waals surface area contributed by atoms with Gasteiger partial charge < -0.3 is 15.8 Å². The first-order valence-electron chi connectivity index (χ1n) is 5.77. The summed E-state index contributed by atoms with van der Waals surface area (Å²) in [6.07, 6.45) is 0. The Balaban J connectivity index is 2.29. The van der Waals surface area contributed by atoms with Gasteiger partial charge in [0.15, 0.2) is 0 Å². The zero-order valence-electron chi connectivity index (χ0n) is 10.5. The van der Waals surface area contributed by atoms with Crippen molar-refractivity contribution in [2.75, 3.05) is 24.3 Å². The van der Waals surface area contributed by atoms with E-state index in [0.717, 1.165) is 6.07 Å². The minimum absolute atomic E-state index is 0.0386. The molecule has 1 fully saturated rings. The molecule has 4 nitrogen and oxygen atoms in total. The number of benzene rings is 1. The summed E-state index contributed by atoms with van der Waals surface area (Å²) in [4.78, 5) is 0. The van der Waals surface area contributed by atoms with E-state index in [2.05, 4.69) is 19.2 Å². The molecular formula is C13H16FN3O. The predicted octanol–water partition coefficient (Wildman–Crippen LogP) is 2.12. The van der Waals surface area contributed by atoms with E-state index in [1.54, 1.807) is 6.07 Å². The highest BCUT2D eigenvalue weighted by molar-refractivity contribution is 5.69. The Morgan fingerprint density at radius 3 is 2.83 bits per heavy atom. The molecule has 3 N–H and O–H groups in total. The summed E-state index contributed by atoms with van der Waals surface area (Å²) in [5.74, 6) is -0.576. The van der Waals surface area contributed by atoms with Crippen molar-refractivity contribution in [1.82, 2.24) is 0 Å². The van der Waals surface area contributed by atoms with Crippen LogP contribution >= 0.6 is 0 Å². The molecule has 2 rings (SSSR count). The monoisotopic (exact) mass is 249 g/mol. The fourth-order valence-electron chi connectivity index (χ4n) is 1.99. The molecule has 1 heterocycles. The van der Waals surface area contributed by atoms with E-state index < -0.39 is 5.82 Å². The molecule has 0 unspecified atom stereocenters. The van der Waals surface area contributed by atoms with Gasteiger partial charge >= 0.3 is 0 Å². The summed E-state index contributed by atoms with van der Waals surface area (Å²) in [5.41, 5.74) is 6.38. The van der Waals surface area contributed by atoms with Gasteiger partial charge in [-0.15, -0.1) is 0 Å². The minimum atomic E-state index is -0.576. The van der Waals surface area contributed by atoms with Crippen LogP contribution in [0.4, 0.5) is 15.8 Å². The van der Waals surface area contributed by atoms with Gasteiger partial charge in [-0.05, 0) is 12.1 Å². The molecule has 18 heavy (non-hydrogen) atoms. The van der Waals surface area contributed by atoms with E-state index in [1.165, 1.54) is 0 Å². The summed E-state index contributed by atoms with van der Waals surface area (Å²) < 4.78 is 19.0. The summed E-state index contributed by atoms with van der Waals surface area (Å²) in [7, 11) is 0. The minimum Gasteiger partial charge on any atom is -0.395 e. The predicted molar refractivity (Wildman–Crippen MR) is 67.5 cm³/mol. The molecule has 1 aromatic carbocycles. The topological polar surface area (TPSA) is 71.1 Å². The molecule has 0 spiro atoms. The van der Waals surface area contributed by atoms with Crippen molar-refractivity contribution in [3.63, 3.8) is 0 Å². The number of nitrogens with two attached hydrogens (primary N) is 1. The van der Waals surface area contributed by atoms with E-state index >= 15 is 0 Å². The zero-order valence-corrected chi connectivity index (χ0v) is 10.5. The molecule has 1 aromatic rings. The van der Waals surface area contributed by atoms with Crippen LogP contribution in [0.5, 0.6) is 0 Å². The first-order valence-corrected chi connectivity index (χ1v) is 5.77. The Morgan fingerprint density at radius 2 is 2.28 bits per heavy atom. The summed E-state index contributed by atoms with van der Waals surface area (Å²) >= 11 is 0. The number of nitriles is 1. The molecule has 1 aliphatic heterocycles. The van der Waals surface area contributed by atoms with Crippen molar-refractivity contribution in [2.45, 2.75) is 19.9 Å². The number of hydrogen-bond donors (Lipinski definition) is 2. The van der Waals surface area contributed by atoms with Crippen LogP contribution in [0.3, 0.4) is 0 Å². The molecule has 0 bridgehead atoms. The first kappa shape index (κ1) is 12.7. The van der Waals surface area contributed by atoms with Crippen LogP contribution in [0.25, 0.3) is 0 Å². The van der Waals surface area contributed by atoms with Crippen LogP contribution in [0.15, 0.2) is 12.1 Å². The summed E-state index contributed by atoms with van der Waals surface area (Å²) in [6.45, 7) is 5.33. The van der Waals surface area contributed by atoms with Crippen LogP contribution < -0.4 is 11.1 Å². The number of anilines is 2. The molecule has 1 aliphatic rings. The van der Waals surface area contributed by atoms with Gasteiger partial charge in [-0.1, -0.05) is 13.8 Å². The van der Waals surface area contributed by atoms with Crippen LogP contribution in [0, 0.1) is 22.6 Å². The fraction of sp³-hybridized carbons (Fsp3) is 0.462. The van der Waals surface area contributed by atoms with Crippen molar-refractivity contribution in [1.29, 1.82) is 5.26 Å². The number of rotatable bonds is 2. The lowest BCUT2D eigenvalue weighted by Crippen LogP contribution is -2.34. The van der Waals surface area contributed by atoms with Crippen molar-refractivity contribution in [3.05, 3.63) is 23.5 Å². The molecular weight excluding hydrogens is 233 g/mol. The second-order valence-electron chi connectivity index (χ2n) is 5.23. The van der Waals surface area contributed by atoms with Gasteiger partial charge in [0.25, 0.3) is 0 Å². The maximum Gasteiger partial charge on any atom is 0.149 e. The number of halogens is 1.